The Balaban J connectivity index is 1.62. The van der Waals surface area contributed by atoms with Crippen LogP contribution in [-0.2, 0) is 13.0 Å². The highest BCUT2D eigenvalue weighted by molar-refractivity contribution is 5.42. The second-order valence-electron chi connectivity index (χ2n) is 5.62. The van der Waals surface area contributed by atoms with Crippen LogP contribution in [0.25, 0.3) is 0 Å². The van der Waals surface area contributed by atoms with E-state index in [0.29, 0.717) is 25.0 Å². The molecule has 0 radical (unpaired) electrons. The van der Waals surface area contributed by atoms with Crippen LogP contribution in [-0.4, -0.2) is 38.8 Å². The largest absolute Gasteiger partial charge is 0.497 e. The van der Waals surface area contributed by atoms with Crippen molar-refractivity contribution in [1.29, 1.82) is 0 Å². The predicted molar refractivity (Wildman–Crippen MR) is 102 cm³/mol. The lowest BCUT2D eigenvalue weighted by atomic mass is 10.2. The zero-order valence-corrected chi connectivity index (χ0v) is 14.9. The third-order valence-corrected chi connectivity index (χ3v) is 3.71. The van der Waals surface area contributed by atoms with Crippen molar-refractivity contribution in [2.75, 3.05) is 29.8 Å². The van der Waals surface area contributed by atoms with Gasteiger partial charge in [0.25, 0.3) is 5.95 Å². The van der Waals surface area contributed by atoms with Gasteiger partial charge in [0.15, 0.2) is 0 Å². The quantitative estimate of drug-likeness (QED) is 0.423. The van der Waals surface area contributed by atoms with Gasteiger partial charge in [-0.3, -0.25) is 10.2 Å². The number of rotatable bonds is 9. The van der Waals surface area contributed by atoms with Crippen molar-refractivity contribution in [2.24, 2.45) is 0 Å². The standard InChI is InChI=1S/C18H21N7O2/c1-27-15-7-4-5-13(11-15)12-21-17-22-16(23-18(24-17)25-26)20-10-8-14-6-2-3-9-19-14/h2-7,9,11,26H,8,10,12H2,1H3,(H3,20,21,22,23,24,25). The maximum Gasteiger partial charge on any atom is 0.253 e. The van der Waals surface area contributed by atoms with Crippen LogP contribution >= 0.6 is 0 Å². The van der Waals surface area contributed by atoms with E-state index in [-0.39, 0.29) is 5.95 Å². The van der Waals surface area contributed by atoms with E-state index in [2.05, 4.69) is 30.6 Å². The van der Waals surface area contributed by atoms with E-state index >= 15 is 0 Å². The zero-order chi connectivity index (χ0) is 18.9. The van der Waals surface area contributed by atoms with E-state index in [1.807, 2.05) is 47.9 Å². The first kappa shape index (κ1) is 18.3. The lowest BCUT2D eigenvalue weighted by Gasteiger charge is -2.10. The van der Waals surface area contributed by atoms with Gasteiger partial charge in [-0.1, -0.05) is 18.2 Å². The monoisotopic (exact) mass is 367 g/mol. The third kappa shape index (κ3) is 5.51. The summed E-state index contributed by atoms with van der Waals surface area (Å²) in [4.78, 5) is 16.8. The number of benzene rings is 1. The van der Waals surface area contributed by atoms with E-state index in [1.54, 1.807) is 13.3 Å². The van der Waals surface area contributed by atoms with Crippen LogP contribution in [0.2, 0.25) is 0 Å². The van der Waals surface area contributed by atoms with Crippen molar-refractivity contribution in [3.63, 3.8) is 0 Å². The Labute approximate surface area is 156 Å². The normalized spacial score (nSPS) is 10.3. The van der Waals surface area contributed by atoms with Crippen LogP contribution in [0.15, 0.2) is 48.7 Å². The van der Waals surface area contributed by atoms with E-state index in [4.69, 9.17) is 9.94 Å². The van der Waals surface area contributed by atoms with Crippen molar-refractivity contribution < 1.29 is 9.94 Å². The summed E-state index contributed by atoms with van der Waals surface area (Å²) in [6.07, 6.45) is 2.48. The molecule has 2 aromatic heterocycles. The number of methoxy groups -OCH3 is 1. The average molecular weight is 367 g/mol. The lowest BCUT2D eigenvalue weighted by molar-refractivity contribution is 0.382. The van der Waals surface area contributed by atoms with Crippen molar-refractivity contribution in [1.82, 2.24) is 19.9 Å². The summed E-state index contributed by atoms with van der Waals surface area (Å²) in [6, 6.07) is 13.5. The molecule has 0 unspecified atom stereocenters. The summed E-state index contributed by atoms with van der Waals surface area (Å²) in [7, 11) is 1.63. The van der Waals surface area contributed by atoms with E-state index in [0.717, 1.165) is 23.4 Å². The Kier molecular flexibility index (Phi) is 6.31. The van der Waals surface area contributed by atoms with Gasteiger partial charge in [-0.05, 0) is 29.8 Å². The Bertz CT molecular complexity index is 861. The van der Waals surface area contributed by atoms with Gasteiger partial charge in [0.1, 0.15) is 5.75 Å². The fraction of sp³-hybridized carbons (Fsp3) is 0.222. The summed E-state index contributed by atoms with van der Waals surface area (Å²) in [5, 5.41) is 15.4. The van der Waals surface area contributed by atoms with Gasteiger partial charge in [-0.15, -0.1) is 0 Å². The van der Waals surface area contributed by atoms with Crippen LogP contribution in [0.3, 0.4) is 0 Å². The minimum atomic E-state index is 0.0541. The number of ether oxygens (including phenoxy) is 1. The van der Waals surface area contributed by atoms with Crippen molar-refractivity contribution in [2.45, 2.75) is 13.0 Å². The molecule has 0 bridgehead atoms. The molecule has 0 atom stereocenters. The first-order valence-corrected chi connectivity index (χ1v) is 8.43. The van der Waals surface area contributed by atoms with Gasteiger partial charge in [-0.25, -0.2) is 5.48 Å². The smallest absolute Gasteiger partial charge is 0.253 e. The molecule has 9 nitrogen and oxygen atoms in total. The van der Waals surface area contributed by atoms with Crippen LogP contribution in [0.1, 0.15) is 11.3 Å². The summed E-state index contributed by atoms with van der Waals surface area (Å²) in [5.41, 5.74) is 3.94. The number of hydrogen-bond donors (Lipinski definition) is 4. The number of pyridine rings is 1. The average Bonchev–Trinajstić information content (AvgIpc) is 2.73. The number of nitrogens with one attached hydrogen (secondary N) is 3. The number of anilines is 3. The Morgan fingerprint density at radius 1 is 0.963 bits per heavy atom. The predicted octanol–water partition coefficient (Wildman–Crippen LogP) is 2.34. The summed E-state index contributed by atoms with van der Waals surface area (Å²) >= 11 is 0. The molecule has 3 rings (SSSR count). The molecule has 27 heavy (non-hydrogen) atoms. The number of hydrogen-bond acceptors (Lipinski definition) is 9. The highest BCUT2D eigenvalue weighted by Gasteiger charge is 2.06. The highest BCUT2D eigenvalue weighted by atomic mass is 16.5. The molecule has 0 aliphatic carbocycles. The molecule has 0 saturated heterocycles. The molecule has 0 saturated carbocycles. The van der Waals surface area contributed by atoms with Crippen molar-refractivity contribution in [3.05, 3.63) is 59.9 Å². The van der Waals surface area contributed by atoms with Gasteiger partial charge < -0.3 is 15.4 Å². The molecule has 9 heteroatoms. The second-order valence-corrected chi connectivity index (χ2v) is 5.62. The molecule has 0 spiro atoms. The van der Waals surface area contributed by atoms with Crippen LogP contribution < -0.4 is 20.9 Å². The van der Waals surface area contributed by atoms with E-state index in [1.165, 1.54) is 0 Å². The van der Waals surface area contributed by atoms with Gasteiger partial charge >= 0.3 is 0 Å². The summed E-state index contributed by atoms with van der Waals surface area (Å²) in [5.74, 6) is 1.52. The summed E-state index contributed by atoms with van der Waals surface area (Å²) < 4.78 is 5.22. The molecule has 1 aromatic carbocycles. The number of nitrogens with zero attached hydrogens (tertiary/aromatic N) is 4. The second kappa shape index (κ2) is 9.30. The van der Waals surface area contributed by atoms with Crippen LogP contribution in [0.4, 0.5) is 17.8 Å². The van der Waals surface area contributed by atoms with Gasteiger partial charge in [0, 0.05) is 31.4 Å². The lowest BCUT2D eigenvalue weighted by Crippen LogP contribution is -2.13. The fourth-order valence-electron chi connectivity index (χ4n) is 2.40. The SMILES string of the molecule is COc1cccc(CNc2nc(NO)nc(NCCc3ccccn3)n2)c1. The van der Waals surface area contributed by atoms with Crippen LogP contribution in [0, 0.1) is 0 Å². The molecule has 0 aliphatic rings. The molecular formula is C18H21N7O2. The molecule has 4 N–H and O–H groups in total. The molecule has 140 valence electrons. The molecule has 3 aromatic rings. The molecule has 0 amide bonds. The van der Waals surface area contributed by atoms with E-state index in [9.17, 15) is 0 Å². The molecule has 0 aliphatic heterocycles. The van der Waals surface area contributed by atoms with Gasteiger partial charge in [0.05, 0.1) is 7.11 Å². The van der Waals surface area contributed by atoms with Gasteiger partial charge in [-0.2, -0.15) is 15.0 Å². The topological polar surface area (TPSA) is 117 Å². The minimum Gasteiger partial charge on any atom is -0.497 e. The molecular weight excluding hydrogens is 346 g/mol. The highest BCUT2D eigenvalue weighted by Crippen LogP contribution is 2.14. The maximum atomic E-state index is 9.16. The maximum absolute atomic E-state index is 9.16. The molecule has 0 fully saturated rings. The third-order valence-electron chi connectivity index (χ3n) is 3.71. The Morgan fingerprint density at radius 2 is 1.78 bits per heavy atom. The van der Waals surface area contributed by atoms with Crippen molar-refractivity contribution in [3.8, 4) is 5.75 Å². The minimum absolute atomic E-state index is 0.0541. The zero-order valence-electron chi connectivity index (χ0n) is 14.9. The van der Waals surface area contributed by atoms with E-state index < -0.39 is 0 Å². The first-order valence-electron chi connectivity index (χ1n) is 8.43. The first-order chi connectivity index (χ1) is 13.3. The summed E-state index contributed by atoms with van der Waals surface area (Å²) in [6.45, 7) is 1.10. The fourth-order valence-corrected chi connectivity index (χ4v) is 2.40. The Hall–Kier alpha value is -3.46. The van der Waals surface area contributed by atoms with Gasteiger partial charge in [0.2, 0.25) is 11.9 Å². The van der Waals surface area contributed by atoms with Crippen molar-refractivity contribution >= 4 is 17.8 Å². The molecule has 2 heterocycles. The number of aromatic nitrogens is 4. The van der Waals surface area contributed by atoms with Crippen LogP contribution in [0.5, 0.6) is 5.75 Å². The Morgan fingerprint density at radius 3 is 2.52 bits per heavy atom.